The highest BCUT2D eigenvalue weighted by Crippen LogP contribution is 2.25. The first-order chi connectivity index (χ1) is 11.4. The van der Waals surface area contributed by atoms with Gasteiger partial charge in [-0.15, -0.1) is 0 Å². The number of H-pyrrole nitrogens is 1. The molecule has 24 heavy (non-hydrogen) atoms. The van der Waals surface area contributed by atoms with Gasteiger partial charge in [-0.1, -0.05) is 0 Å². The summed E-state index contributed by atoms with van der Waals surface area (Å²) in [4.78, 5) is 27.9. The third-order valence-electron chi connectivity index (χ3n) is 4.65. The second-order valence-electron chi connectivity index (χ2n) is 6.29. The summed E-state index contributed by atoms with van der Waals surface area (Å²) in [5, 5.41) is 9.11. The predicted octanol–water partition coefficient (Wildman–Crippen LogP) is 0.736. The molecule has 0 aromatic carbocycles. The number of rotatable bonds is 4. The molecule has 3 heterocycles. The van der Waals surface area contributed by atoms with Crippen LogP contribution in [0.5, 0.6) is 0 Å². The minimum Gasteiger partial charge on any atom is -0.481 e. The number of carboxylic acid groups (broad SMARTS) is 1. The zero-order valence-corrected chi connectivity index (χ0v) is 14.1. The molecule has 1 aromatic rings. The van der Waals surface area contributed by atoms with Crippen molar-refractivity contribution >= 4 is 21.9 Å². The number of sulfonamides is 1. The zero-order chi connectivity index (χ0) is 17.3. The average Bonchev–Trinajstić information content (AvgIpc) is 3.26. The smallest absolute Gasteiger partial charge is 0.307 e. The van der Waals surface area contributed by atoms with Crippen LogP contribution in [0.1, 0.15) is 36.2 Å². The van der Waals surface area contributed by atoms with Crippen molar-refractivity contribution in [2.75, 3.05) is 26.2 Å². The van der Waals surface area contributed by atoms with Crippen LogP contribution >= 0.6 is 0 Å². The number of carbonyl (C=O) groups excluding carboxylic acids is 1. The molecule has 3 rings (SSSR count). The molecule has 0 spiro atoms. The fourth-order valence-corrected chi connectivity index (χ4v) is 4.77. The summed E-state index contributed by atoms with van der Waals surface area (Å²) in [6.07, 6.45) is 4.22. The minimum absolute atomic E-state index is 0.0103. The van der Waals surface area contributed by atoms with Crippen molar-refractivity contribution in [1.82, 2.24) is 14.2 Å². The molecule has 1 amide bonds. The molecule has 0 saturated carbocycles. The molecule has 2 saturated heterocycles. The van der Waals surface area contributed by atoms with Crippen molar-refractivity contribution in [1.29, 1.82) is 0 Å². The van der Waals surface area contributed by atoms with E-state index in [9.17, 15) is 18.0 Å². The van der Waals surface area contributed by atoms with Gasteiger partial charge in [-0.25, -0.2) is 8.42 Å². The molecule has 2 aliphatic rings. The molecule has 8 nitrogen and oxygen atoms in total. The van der Waals surface area contributed by atoms with Gasteiger partial charge >= 0.3 is 5.97 Å². The van der Waals surface area contributed by atoms with Gasteiger partial charge in [-0.2, -0.15) is 4.31 Å². The number of carboxylic acids is 1. The van der Waals surface area contributed by atoms with Gasteiger partial charge < -0.3 is 15.0 Å². The molecule has 0 aliphatic carbocycles. The number of likely N-dealkylation sites (tertiary alicyclic amines) is 1. The number of aliphatic carboxylic acids is 1. The normalized spacial score (nSPS) is 22.7. The first-order valence-corrected chi connectivity index (χ1v) is 9.54. The molecule has 0 radical (unpaired) electrons. The molecule has 2 aliphatic heterocycles. The van der Waals surface area contributed by atoms with Gasteiger partial charge in [0.1, 0.15) is 10.6 Å². The van der Waals surface area contributed by atoms with Crippen LogP contribution in [0, 0.1) is 5.92 Å². The van der Waals surface area contributed by atoms with Crippen LogP contribution in [0.4, 0.5) is 0 Å². The first-order valence-electron chi connectivity index (χ1n) is 8.10. The zero-order valence-electron chi connectivity index (χ0n) is 13.3. The van der Waals surface area contributed by atoms with Crippen molar-refractivity contribution < 1.29 is 23.1 Å². The van der Waals surface area contributed by atoms with Crippen molar-refractivity contribution in [2.24, 2.45) is 5.92 Å². The van der Waals surface area contributed by atoms with Gasteiger partial charge in [0.2, 0.25) is 10.0 Å². The Kier molecular flexibility index (Phi) is 4.64. The fourth-order valence-electron chi connectivity index (χ4n) is 3.25. The average molecular weight is 355 g/mol. The Balaban J connectivity index is 1.77. The molecule has 2 N–H and O–H groups in total. The number of hydrogen-bond acceptors (Lipinski definition) is 4. The topological polar surface area (TPSA) is 111 Å². The quantitative estimate of drug-likeness (QED) is 0.827. The standard InChI is InChI=1S/C15H21N3O5S/c19-14(17-5-1-2-6-17)13-8-12(9-16-13)24(22,23)18-7-3-4-11(10-18)15(20)21/h8-9,11,16H,1-7,10H2,(H,20,21). The fraction of sp³-hybridized carbons (Fsp3) is 0.600. The van der Waals surface area contributed by atoms with E-state index in [1.807, 2.05) is 0 Å². The highest BCUT2D eigenvalue weighted by atomic mass is 32.2. The number of piperidine rings is 1. The highest BCUT2D eigenvalue weighted by Gasteiger charge is 2.34. The van der Waals surface area contributed by atoms with E-state index in [4.69, 9.17) is 5.11 Å². The SMILES string of the molecule is O=C(O)C1CCCN(S(=O)(=O)c2c[nH]c(C(=O)N3CCCC3)c2)C1. The summed E-state index contributed by atoms with van der Waals surface area (Å²) in [6.45, 7) is 1.64. The Bertz CT molecular complexity index is 736. The minimum atomic E-state index is -3.80. The number of amides is 1. The van der Waals surface area contributed by atoms with Crippen LogP contribution < -0.4 is 0 Å². The van der Waals surface area contributed by atoms with Crippen LogP contribution in [-0.4, -0.2) is 65.8 Å². The molecule has 1 aromatic heterocycles. The van der Waals surface area contributed by atoms with Crippen LogP contribution in [0.15, 0.2) is 17.2 Å². The second-order valence-corrected chi connectivity index (χ2v) is 8.23. The van der Waals surface area contributed by atoms with Gasteiger partial charge in [0.05, 0.1) is 5.92 Å². The summed E-state index contributed by atoms with van der Waals surface area (Å²) in [5.41, 5.74) is 0.252. The van der Waals surface area contributed by atoms with Gasteiger partial charge in [0.25, 0.3) is 5.91 Å². The Morgan fingerprint density at radius 2 is 1.88 bits per heavy atom. The summed E-state index contributed by atoms with van der Waals surface area (Å²) in [5.74, 6) is -1.86. The van der Waals surface area contributed by atoms with E-state index < -0.39 is 21.9 Å². The van der Waals surface area contributed by atoms with Crippen molar-refractivity contribution in [3.05, 3.63) is 18.0 Å². The number of hydrogen-bond donors (Lipinski definition) is 2. The van der Waals surface area contributed by atoms with Gasteiger partial charge in [0, 0.05) is 32.4 Å². The molecule has 9 heteroatoms. The lowest BCUT2D eigenvalue weighted by molar-refractivity contribution is -0.142. The maximum Gasteiger partial charge on any atom is 0.307 e. The molecular formula is C15H21N3O5S. The van der Waals surface area contributed by atoms with E-state index in [-0.39, 0.29) is 23.0 Å². The molecule has 132 valence electrons. The van der Waals surface area contributed by atoms with E-state index in [2.05, 4.69) is 4.98 Å². The third-order valence-corrected chi connectivity index (χ3v) is 6.49. The number of aromatic amines is 1. The molecular weight excluding hydrogens is 334 g/mol. The number of carbonyl (C=O) groups is 2. The predicted molar refractivity (Wildman–Crippen MR) is 85.0 cm³/mol. The first kappa shape index (κ1) is 17.0. The molecule has 1 atom stereocenters. The lowest BCUT2D eigenvalue weighted by atomic mass is 10.0. The van der Waals surface area contributed by atoms with Gasteiger partial charge in [-0.05, 0) is 31.7 Å². The summed E-state index contributed by atoms with van der Waals surface area (Å²) in [7, 11) is -3.80. The van der Waals surface area contributed by atoms with Crippen molar-refractivity contribution in [3.8, 4) is 0 Å². The molecule has 0 bridgehead atoms. The van der Waals surface area contributed by atoms with E-state index in [0.29, 0.717) is 32.5 Å². The molecule has 2 fully saturated rings. The van der Waals surface area contributed by atoms with E-state index in [1.54, 1.807) is 4.90 Å². The monoisotopic (exact) mass is 355 g/mol. The van der Waals surface area contributed by atoms with E-state index in [0.717, 1.165) is 12.8 Å². The Morgan fingerprint density at radius 3 is 2.54 bits per heavy atom. The van der Waals surface area contributed by atoms with Crippen molar-refractivity contribution in [3.63, 3.8) is 0 Å². The van der Waals surface area contributed by atoms with Crippen molar-refractivity contribution in [2.45, 2.75) is 30.6 Å². The Morgan fingerprint density at radius 1 is 1.17 bits per heavy atom. The van der Waals surface area contributed by atoms with E-state index >= 15 is 0 Å². The largest absolute Gasteiger partial charge is 0.481 e. The Hall–Kier alpha value is -1.87. The van der Waals surface area contributed by atoms with Crippen LogP contribution in [0.25, 0.3) is 0 Å². The lowest BCUT2D eigenvalue weighted by Crippen LogP contribution is -2.42. The van der Waals surface area contributed by atoms with E-state index in [1.165, 1.54) is 16.6 Å². The third kappa shape index (κ3) is 3.18. The molecule has 1 unspecified atom stereocenters. The van der Waals surface area contributed by atoms with Crippen LogP contribution in [0.2, 0.25) is 0 Å². The van der Waals surface area contributed by atoms with Gasteiger partial charge in [-0.3, -0.25) is 9.59 Å². The summed E-state index contributed by atoms with van der Waals surface area (Å²) >= 11 is 0. The summed E-state index contributed by atoms with van der Waals surface area (Å²) < 4.78 is 26.6. The number of aromatic nitrogens is 1. The van der Waals surface area contributed by atoms with Gasteiger partial charge in [0.15, 0.2) is 0 Å². The Labute approximate surface area is 140 Å². The number of nitrogens with one attached hydrogen (secondary N) is 1. The lowest BCUT2D eigenvalue weighted by Gasteiger charge is -2.29. The summed E-state index contributed by atoms with van der Waals surface area (Å²) in [6, 6.07) is 1.35. The van der Waals surface area contributed by atoms with Crippen LogP contribution in [0.3, 0.4) is 0 Å². The maximum atomic E-state index is 12.7. The van der Waals surface area contributed by atoms with Crippen LogP contribution in [-0.2, 0) is 14.8 Å². The second kappa shape index (κ2) is 6.56. The maximum absolute atomic E-state index is 12.7. The highest BCUT2D eigenvalue weighted by molar-refractivity contribution is 7.89. The number of nitrogens with zero attached hydrogens (tertiary/aromatic N) is 2.